The third kappa shape index (κ3) is 2.61. The number of rotatable bonds is 2. The first-order valence-electron chi connectivity index (χ1n) is 5.49. The molecule has 0 amide bonds. The van der Waals surface area contributed by atoms with Gasteiger partial charge < -0.3 is 4.74 Å². The molecule has 0 N–H and O–H groups in total. The third-order valence-corrected chi connectivity index (χ3v) is 4.32. The molecule has 2 heteroatoms. The first-order chi connectivity index (χ1) is 7.16. The van der Waals surface area contributed by atoms with E-state index in [-0.39, 0.29) is 0 Å². The molecule has 1 aromatic carbocycles. The summed E-state index contributed by atoms with van der Waals surface area (Å²) in [7, 11) is 0. The average Bonchev–Trinajstić information content (AvgIpc) is 2.65. The summed E-state index contributed by atoms with van der Waals surface area (Å²) in [5.74, 6) is 0.614. The highest BCUT2D eigenvalue weighted by Gasteiger charge is 2.28. The van der Waals surface area contributed by atoms with E-state index in [2.05, 4.69) is 54.0 Å². The van der Waals surface area contributed by atoms with Crippen LogP contribution in [0, 0.1) is 12.8 Å². The van der Waals surface area contributed by atoms with Crippen LogP contribution < -0.4 is 0 Å². The van der Waals surface area contributed by atoms with Crippen molar-refractivity contribution in [3.63, 3.8) is 0 Å². The quantitative estimate of drug-likeness (QED) is 0.741. The van der Waals surface area contributed by atoms with E-state index in [1.807, 2.05) is 0 Å². The van der Waals surface area contributed by atoms with Crippen LogP contribution in [-0.2, 0) is 4.74 Å². The largest absolute Gasteiger partial charge is 0.378 e. The minimum atomic E-state index is 0.417. The molecule has 1 fully saturated rings. The average molecular weight is 269 g/mol. The second kappa shape index (κ2) is 4.67. The lowest BCUT2D eigenvalue weighted by molar-refractivity contribution is 0.120. The summed E-state index contributed by atoms with van der Waals surface area (Å²) >= 11 is 3.78. The fraction of sp³-hybridized carbons (Fsp3) is 0.538. The van der Waals surface area contributed by atoms with Crippen LogP contribution >= 0.6 is 15.9 Å². The van der Waals surface area contributed by atoms with Gasteiger partial charge in [0.2, 0.25) is 0 Å². The van der Waals surface area contributed by atoms with E-state index in [0.717, 1.165) is 13.0 Å². The minimum absolute atomic E-state index is 0.417. The van der Waals surface area contributed by atoms with Crippen molar-refractivity contribution in [1.29, 1.82) is 0 Å². The fourth-order valence-corrected chi connectivity index (χ4v) is 2.75. The van der Waals surface area contributed by atoms with Gasteiger partial charge in [-0.3, -0.25) is 0 Å². The molecule has 1 heterocycles. The number of halogens is 1. The molecular formula is C13H17BrO. The summed E-state index contributed by atoms with van der Waals surface area (Å²) in [5, 5.41) is 0. The molecule has 1 aromatic rings. The molecule has 15 heavy (non-hydrogen) atoms. The van der Waals surface area contributed by atoms with Crippen LogP contribution in [0.4, 0.5) is 0 Å². The summed E-state index contributed by atoms with van der Waals surface area (Å²) in [6.45, 7) is 5.15. The Morgan fingerprint density at radius 3 is 2.53 bits per heavy atom. The highest BCUT2D eigenvalue weighted by atomic mass is 79.9. The minimum Gasteiger partial charge on any atom is -0.378 e. The van der Waals surface area contributed by atoms with Gasteiger partial charge in [0.25, 0.3) is 0 Å². The number of benzene rings is 1. The Morgan fingerprint density at radius 2 is 2.00 bits per heavy atom. The molecule has 82 valence electrons. The smallest absolute Gasteiger partial charge is 0.0551 e. The Kier molecular flexibility index (Phi) is 3.47. The molecular weight excluding hydrogens is 252 g/mol. The summed E-state index contributed by atoms with van der Waals surface area (Å²) in [6.07, 6.45) is 1.57. The Hall–Kier alpha value is -0.340. The number of ether oxygens (including phenoxy) is 1. The van der Waals surface area contributed by atoms with Gasteiger partial charge in [0.05, 0.1) is 12.7 Å². The second-order valence-corrected chi connectivity index (χ2v) is 5.44. The van der Waals surface area contributed by atoms with Crippen molar-refractivity contribution in [2.75, 3.05) is 6.61 Å². The molecule has 1 aliphatic rings. The van der Waals surface area contributed by atoms with Crippen LogP contribution in [0.1, 0.15) is 29.3 Å². The molecule has 1 aliphatic heterocycles. The van der Waals surface area contributed by atoms with Gasteiger partial charge >= 0.3 is 0 Å². The van der Waals surface area contributed by atoms with E-state index >= 15 is 0 Å². The normalized spacial score (nSPS) is 27.9. The van der Waals surface area contributed by atoms with E-state index < -0.39 is 0 Å². The van der Waals surface area contributed by atoms with Gasteiger partial charge in [-0.25, -0.2) is 0 Å². The maximum atomic E-state index is 5.60. The second-order valence-electron chi connectivity index (χ2n) is 4.45. The molecule has 0 bridgehead atoms. The predicted molar refractivity (Wildman–Crippen MR) is 66.4 cm³/mol. The van der Waals surface area contributed by atoms with Crippen molar-refractivity contribution in [1.82, 2.24) is 0 Å². The first-order valence-corrected chi connectivity index (χ1v) is 6.40. The van der Waals surface area contributed by atoms with Crippen molar-refractivity contribution in [2.24, 2.45) is 5.92 Å². The van der Waals surface area contributed by atoms with Crippen molar-refractivity contribution < 1.29 is 4.74 Å². The topological polar surface area (TPSA) is 9.23 Å². The Bertz CT molecular complexity index is 320. The fourth-order valence-electron chi connectivity index (χ4n) is 2.08. The van der Waals surface area contributed by atoms with E-state index in [4.69, 9.17) is 4.74 Å². The maximum Gasteiger partial charge on any atom is 0.0551 e. The van der Waals surface area contributed by atoms with Crippen LogP contribution in [0.2, 0.25) is 0 Å². The predicted octanol–water partition coefficient (Wildman–Crippen LogP) is 3.86. The zero-order chi connectivity index (χ0) is 10.8. The van der Waals surface area contributed by atoms with Gasteiger partial charge in [-0.05, 0) is 25.8 Å². The highest BCUT2D eigenvalue weighted by Crippen LogP contribution is 2.37. The number of hydrogen-bond acceptors (Lipinski definition) is 1. The van der Waals surface area contributed by atoms with E-state index in [9.17, 15) is 0 Å². The van der Waals surface area contributed by atoms with Crippen LogP contribution in [0.3, 0.4) is 0 Å². The van der Waals surface area contributed by atoms with E-state index in [0.29, 0.717) is 16.8 Å². The molecule has 1 saturated heterocycles. The van der Waals surface area contributed by atoms with Crippen molar-refractivity contribution in [3.05, 3.63) is 35.4 Å². The highest BCUT2D eigenvalue weighted by molar-refractivity contribution is 9.09. The zero-order valence-corrected chi connectivity index (χ0v) is 10.8. The Morgan fingerprint density at radius 1 is 1.33 bits per heavy atom. The molecule has 3 atom stereocenters. The standard InChI is InChI=1S/C13H17BrO/c1-9-3-5-11(6-4-9)13(14)12-7-10(2)15-8-12/h3-6,10,12-13H,7-8H2,1-2H3. The molecule has 2 rings (SSSR count). The van der Waals surface area contributed by atoms with Gasteiger partial charge in [0.15, 0.2) is 0 Å². The maximum absolute atomic E-state index is 5.60. The molecule has 0 aromatic heterocycles. The molecule has 1 nitrogen and oxygen atoms in total. The van der Waals surface area contributed by atoms with Gasteiger partial charge in [0.1, 0.15) is 0 Å². The molecule has 0 radical (unpaired) electrons. The van der Waals surface area contributed by atoms with Gasteiger partial charge in [-0.15, -0.1) is 0 Å². The monoisotopic (exact) mass is 268 g/mol. The summed E-state index contributed by atoms with van der Waals surface area (Å²) in [5.41, 5.74) is 2.68. The van der Waals surface area contributed by atoms with Crippen molar-refractivity contribution in [3.8, 4) is 0 Å². The number of hydrogen-bond donors (Lipinski definition) is 0. The lowest BCUT2D eigenvalue weighted by Crippen LogP contribution is -2.07. The molecule has 3 unspecified atom stereocenters. The van der Waals surface area contributed by atoms with E-state index in [1.165, 1.54) is 11.1 Å². The van der Waals surface area contributed by atoms with Gasteiger partial charge in [-0.2, -0.15) is 0 Å². The summed E-state index contributed by atoms with van der Waals surface area (Å²) in [6, 6.07) is 8.75. The van der Waals surface area contributed by atoms with Crippen molar-refractivity contribution in [2.45, 2.75) is 31.2 Å². The lowest BCUT2D eigenvalue weighted by Gasteiger charge is -2.16. The van der Waals surface area contributed by atoms with Crippen LogP contribution in [0.15, 0.2) is 24.3 Å². The van der Waals surface area contributed by atoms with E-state index in [1.54, 1.807) is 0 Å². The number of aryl methyl sites for hydroxylation is 1. The van der Waals surface area contributed by atoms with Gasteiger partial charge in [0, 0.05) is 10.7 Å². The third-order valence-electron chi connectivity index (χ3n) is 3.04. The van der Waals surface area contributed by atoms with Crippen LogP contribution in [-0.4, -0.2) is 12.7 Å². The molecule has 0 saturated carbocycles. The Balaban J connectivity index is 2.07. The van der Waals surface area contributed by atoms with Gasteiger partial charge in [-0.1, -0.05) is 45.8 Å². The first kappa shape index (κ1) is 11.2. The number of alkyl halides is 1. The van der Waals surface area contributed by atoms with Crippen LogP contribution in [0.25, 0.3) is 0 Å². The summed E-state index contributed by atoms with van der Waals surface area (Å²) in [4.78, 5) is 0.433. The van der Waals surface area contributed by atoms with Crippen molar-refractivity contribution >= 4 is 15.9 Å². The SMILES string of the molecule is Cc1ccc(C(Br)C2COC(C)C2)cc1. The molecule has 0 aliphatic carbocycles. The summed E-state index contributed by atoms with van der Waals surface area (Å²) < 4.78 is 5.60. The van der Waals surface area contributed by atoms with Crippen LogP contribution in [0.5, 0.6) is 0 Å². The molecule has 0 spiro atoms. The zero-order valence-electron chi connectivity index (χ0n) is 9.24. The lowest BCUT2D eigenvalue weighted by atomic mass is 9.96. The Labute approximate surface area is 100.0 Å².